The Balaban J connectivity index is 2.51. The van der Waals surface area contributed by atoms with E-state index < -0.39 is 0 Å². The minimum absolute atomic E-state index is 1.10. The molecule has 1 aromatic carbocycles. The van der Waals surface area contributed by atoms with Crippen molar-refractivity contribution in [1.29, 1.82) is 0 Å². The Labute approximate surface area is 88.8 Å². The Morgan fingerprint density at radius 1 is 1.17 bits per heavy atom. The Hall–Kier alpha value is -0.420. The zero-order valence-electron chi connectivity index (χ0n) is 6.20. The van der Waals surface area contributed by atoms with Crippen LogP contribution in [0.1, 0.15) is 0 Å². The second kappa shape index (κ2) is 3.53. The van der Waals surface area contributed by atoms with Gasteiger partial charge >= 0.3 is 0 Å². The average Bonchev–Trinajstić information content (AvgIpc) is 2.53. The van der Waals surface area contributed by atoms with E-state index in [1.54, 1.807) is 0 Å². The SMILES string of the molecule is Ic1csnc1-c1ccccc1. The Bertz CT molecular complexity index is 369. The van der Waals surface area contributed by atoms with E-state index in [0.29, 0.717) is 0 Å². The molecule has 0 spiro atoms. The first-order valence-electron chi connectivity index (χ1n) is 3.53. The number of hydrogen-bond donors (Lipinski definition) is 0. The van der Waals surface area contributed by atoms with Crippen LogP contribution < -0.4 is 0 Å². The summed E-state index contributed by atoms with van der Waals surface area (Å²) in [6, 6.07) is 10.2. The van der Waals surface area contributed by atoms with Crippen LogP contribution in [0, 0.1) is 3.57 Å². The van der Waals surface area contributed by atoms with E-state index in [0.717, 1.165) is 5.69 Å². The van der Waals surface area contributed by atoms with E-state index in [1.807, 2.05) is 18.2 Å². The summed E-state index contributed by atoms with van der Waals surface area (Å²) < 4.78 is 5.55. The van der Waals surface area contributed by atoms with Gasteiger partial charge in [-0.2, -0.15) is 4.37 Å². The van der Waals surface area contributed by atoms with Crippen LogP contribution >= 0.6 is 34.1 Å². The molecule has 0 saturated heterocycles. The van der Waals surface area contributed by atoms with Crippen molar-refractivity contribution in [2.24, 2.45) is 0 Å². The lowest BCUT2D eigenvalue weighted by Gasteiger charge is -1.95. The zero-order valence-corrected chi connectivity index (χ0v) is 9.17. The van der Waals surface area contributed by atoms with Gasteiger partial charge in [0, 0.05) is 10.9 Å². The third-order valence-electron chi connectivity index (χ3n) is 1.57. The Morgan fingerprint density at radius 3 is 2.50 bits per heavy atom. The highest BCUT2D eigenvalue weighted by atomic mass is 127. The van der Waals surface area contributed by atoms with Crippen molar-refractivity contribution < 1.29 is 0 Å². The predicted octanol–water partition coefficient (Wildman–Crippen LogP) is 3.41. The second-order valence-corrected chi connectivity index (χ2v) is 4.17. The van der Waals surface area contributed by atoms with Gasteiger partial charge in [-0.05, 0) is 34.1 Å². The van der Waals surface area contributed by atoms with Crippen LogP contribution in [-0.2, 0) is 0 Å². The van der Waals surface area contributed by atoms with Gasteiger partial charge in [-0.1, -0.05) is 30.3 Å². The molecule has 1 nitrogen and oxygen atoms in total. The molecule has 60 valence electrons. The van der Waals surface area contributed by atoms with E-state index in [-0.39, 0.29) is 0 Å². The highest BCUT2D eigenvalue weighted by Gasteiger charge is 2.03. The summed E-state index contributed by atoms with van der Waals surface area (Å²) in [5.74, 6) is 0. The van der Waals surface area contributed by atoms with Gasteiger partial charge in [-0.25, -0.2) is 0 Å². The van der Waals surface area contributed by atoms with Crippen LogP contribution in [0.25, 0.3) is 11.3 Å². The average molecular weight is 287 g/mol. The smallest absolute Gasteiger partial charge is 0.0974 e. The number of aromatic nitrogens is 1. The third kappa shape index (κ3) is 1.51. The quantitative estimate of drug-likeness (QED) is 0.732. The first-order chi connectivity index (χ1) is 5.88. The molecular formula is C9H6INS. The standard InChI is InChI=1S/C9H6INS/c10-8-6-12-11-9(8)7-4-2-1-3-5-7/h1-6H. The summed E-state index contributed by atoms with van der Waals surface area (Å²) in [5, 5.41) is 2.06. The van der Waals surface area contributed by atoms with E-state index in [1.165, 1.54) is 20.7 Å². The van der Waals surface area contributed by atoms with Gasteiger partial charge in [-0.3, -0.25) is 0 Å². The minimum atomic E-state index is 1.10. The third-order valence-corrected chi connectivity index (χ3v) is 3.45. The van der Waals surface area contributed by atoms with Crippen molar-refractivity contribution >= 4 is 34.1 Å². The Morgan fingerprint density at radius 2 is 1.92 bits per heavy atom. The first kappa shape index (κ1) is 8.19. The molecule has 2 aromatic rings. The topological polar surface area (TPSA) is 12.9 Å². The van der Waals surface area contributed by atoms with E-state index in [2.05, 4.69) is 44.5 Å². The van der Waals surface area contributed by atoms with Crippen LogP contribution in [0.2, 0.25) is 0 Å². The molecule has 0 unspecified atom stereocenters. The van der Waals surface area contributed by atoms with Gasteiger partial charge in [-0.15, -0.1) is 0 Å². The van der Waals surface area contributed by atoms with Gasteiger partial charge in [0.1, 0.15) is 0 Å². The van der Waals surface area contributed by atoms with E-state index in [4.69, 9.17) is 0 Å². The molecule has 3 heteroatoms. The number of rotatable bonds is 1. The zero-order chi connectivity index (χ0) is 8.39. The fourth-order valence-corrected chi connectivity index (χ4v) is 2.51. The normalized spacial score (nSPS) is 10.1. The van der Waals surface area contributed by atoms with E-state index >= 15 is 0 Å². The molecule has 0 radical (unpaired) electrons. The molecule has 2 rings (SSSR count). The summed E-state index contributed by atoms with van der Waals surface area (Å²) in [5.41, 5.74) is 2.30. The summed E-state index contributed by atoms with van der Waals surface area (Å²) in [6.07, 6.45) is 0. The molecule has 0 aliphatic heterocycles. The van der Waals surface area contributed by atoms with Crippen LogP contribution in [0.3, 0.4) is 0 Å². The fraction of sp³-hybridized carbons (Fsp3) is 0. The molecule has 0 aliphatic rings. The first-order valence-corrected chi connectivity index (χ1v) is 5.45. The van der Waals surface area contributed by atoms with Crippen LogP contribution in [0.15, 0.2) is 35.7 Å². The molecule has 0 saturated carbocycles. The molecule has 12 heavy (non-hydrogen) atoms. The monoisotopic (exact) mass is 287 g/mol. The van der Waals surface area contributed by atoms with Gasteiger partial charge in [0.05, 0.1) is 9.26 Å². The lowest BCUT2D eigenvalue weighted by atomic mass is 10.2. The van der Waals surface area contributed by atoms with Gasteiger partial charge in [0.2, 0.25) is 0 Å². The maximum absolute atomic E-state index is 4.32. The lowest BCUT2D eigenvalue weighted by molar-refractivity contribution is 1.50. The van der Waals surface area contributed by atoms with Crippen LogP contribution in [-0.4, -0.2) is 4.37 Å². The predicted molar refractivity (Wildman–Crippen MR) is 60.3 cm³/mol. The van der Waals surface area contributed by atoms with Crippen molar-refractivity contribution in [1.82, 2.24) is 4.37 Å². The summed E-state index contributed by atoms with van der Waals surface area (Å²) in [7, 11) is 0. The molecule has 0 bridgehead atoms. The fourth-order valence-electron chi connectivity index (χ4n) is 1.01. The van der Waals surface area contributed by atoms with Crippen molar-refractivity contribution in [2.75, 3.05) is 0 Å². The Kier molecular flexibility index (Phi) is 2.41. The number of halogens is 1. The molecule has 1 heterocycles. The van der Waals surface area contributed by atoms with E-state index in [9.17, 15) is 0 Å². The molecular weight excluding hydrogens is 281 g/mol. The van der Waals surface area contributed by atoms with Crippen molar-refractivity contribution in [3.63, 3.8) is 0 Å². The maximum Gasteiger partial charge on any atom is 0.0974 e. The second-order valence-electron chi connectivity index (χ2n) is 2.38. The largest absolute Gasteiger partial charge is 0.192 e. The molecule has 0 N–H and O–H groups in total. The lowest BCUT2D eigenvalue weighted by Crippen LogP contribution is -1.77. The molecule has 0 atom stereocenters. The maximum atomic E-state index is 4.32. The minimum Gasteiger partial charge on any atom is -0.192 e. The summed E-state index contributed by atoms with van der Waals surface area (Å²) >= 11 is 3.81. The van der Waals surface area contributed by atoms with Crippen LogP contribution in [0.4, 0.5) is 0 Å². The molecule has 0 amide bonds. The molecule has 1 aromatic heterocycles. The van der Waals surface area contributed by atoms with Crippen molar-refractivity contribution in [2.45, 2.75) is 0 Å². The van der Waals surface area contributed by atoms with Gasteiger partial charge in [0.25, 0.3) is 0 Å². The van der Waals surface area contributed by atoms with Crippen molar-refractivity contribution in [3.8, 4) is 11.3 Å². The molecule has 0 aliphatic carbocycles. The summed E-state index contributed by atoms with van der Waals surface area (Å²) in [6.45, 7) is 0. The summed E-state index contributed by atoms with van der Waals surface area (Å²) in [4.78, 5) is 0. The van der Waals surface area contributed by atoms with Gasteiger partial charge in [0.15, 0.2) is 0 Å². The highest BCUT2D eigenvalue weighted by Crippen LogP contribution is 2.24. The van der Waals surface area contributed by atoms with Crippen LogP contribution in [0.5, 0.6) is 0 Å². The number of nitrogens with zero attached hydrogens (tertiary/aromatic N) is 1. The number of benzene rings is 1. The number of hydrogen-bond acceptors (Lipinski definition) is 2. The van der Waals surface area contributed by atoms with Crippen molar-refractivity contribution in [3.05, 3.63) is 39.3 Å². The highest BCUT2D eigenvalue weighted by molar-refractivity contribution is 14.1. The van der Waals surface area contributed by atoms with Gasteiger partial charge < -0.3 is 0 Å². The molecule has 0 fully saturated rings.